The Morgan fingerprint density at radius 1 is 1.29 bits per heavy atom. The van der Waals surface area contributed by atoms with Crippen LogP contribution in [0.25, 0.3) is 0 Å². The topological polar surface area (TPSA) is 66.4 Å². The number of rotatable bonds is 5. The lowest BCUT2D eigenvalue weighted by atomic mass is 9.88. The number of nitrogens with one attached hydrogen (secondary N) is 1. The van der Waals surface area contributed by atoms with E-state index in [1.165, 1.54) is 0 Å². The highest BCUT2D eigenvalue weighted by molar-refractivity contribution is 7.89. The van der Waals surface area contributed by atoms with Crippen molar-refractivity contribution in [2.24, 2.45) is 5.41 Å². The van der Waals surface area contributed by atoms with Gasteiger partial charge in [-0.3, -0.25) is 0 Å². The molecule has 21 heavy (non-hydrogen) atoms. The van der Waals surface area contributed by atoms with Crippen molar-refractivity contribution in [3.8, 4) is 0 Å². The van der Waals surface area contributed by atoms with E-state index < -0.39 is 26.3 Å². The predicted molar refractivity (Wildman–Crippen MR) is 79.6 cm³/mol. The van der Waals surface area contributed by atoms with Gasteiger partial charge in [-0.25, -0.2) is 17.5 Å². The third-order valence-corrected chi connectivity index (χ3v) is 6.14. The van der Waals surface area contributed by atoms with E-state index in [1.807, 2.05) is 0 Å². The van der Waals surface area contributed by atoms with E-state index >= 15 is 0 Å². The van der Waals surface area contributed by atoms with Crippen LogP contribution < -0.4 is 4.72 Å². The third kappa shape index (κ3) is 3.51. The molecule has 0 unspecified atom stereocenters. The SMILES string of the molecule is O=S(=O)(NCC1(CO)CCCC1)c1ccc(Cl)c(F)c1Cl. The van der Waals surface area contributed by atoms with Gasteiger partial charge in [-0.1, -0.05) is 36.0 Å². The maximum absolute atomic E-state index is 13.6. The molecule has 118 valence electrons. The summed E-state index contributed by atoms with van der Waals surface area (Å²) >= 11 is 11.3. The number of aliphatic hydroxyl groups excluding tert-OH is 1. The molecule has 8 heteroatoms. The van der Waals surface area contributed by atoms with E-state index in [9.17, 15) is 17.9 Å². The van der Waals surface area contributed by atoms with Crippen LogP contribution >= 0.6 is 23.2 Å². The smallest absolute Gasteiger partial charge is 0.242 e. The first kappa shape index (κ1) is 17.0. The zero-order valence-corrected chi connectivity index (χ0v) is 13.5. The van der Waals surface area contributed by atoms with Gasteiger partial charge in [0.25, 0.3) is 0 Å². The van der Waals surface area contributed by atoms with Crippen molar-refractivity contribution < 1.29 is 17.9 Å². The lowest BCUT2D eigenvalue weighted by molar-refractivity contribution is 0.134. The van der Waals surface area contributed by atoms with E-state index in [4.69, 9.17) is 23.2 Å². The average Bonchev–Trinajstić information content (AvgIpc) is 2.92. The molecule has 0 bridgehead atoms. The molecule has 0 radical (unpaired) electrons. The van der Waals surface area contributed by atoms with Crippen LogP contribution in [0.15, 0.2) is 17.0 Å². The minimum Gasteiger partial charge on any atom is -0.396 e. The fourth-order valence-corrected chi connectivity index (χ4v) is 4.46. The largest absolute Gasteiger partial charge is 0.396 e. The zero-order chi connectivity index (χ0) is 15.7. The number of aliphatic hydroxyl groups is 1. The summed E-state index contributed by atoms with van der Waals surface area (Å²) in [4.78, 5) is -0.350. The Morgan fingerprint density at radius 3 is 2.48 bits per heavy atom. The van der Waals surface area contributed by atoms with E-state index in [0.717, 1.165) is 37.8 Å². The molecule has 0 spiro atoms. The molecular formula is C13H16Cl2FNO3S. The Bertz CT molecular complexity index is 631. The number of hydrogen-bond acceptors (Lipinski definition) is 3. The standard InChI is InChI=1S/C13H16Cl2FNO3S/c14-9-3-4-10(11(15)12(9)16)21(19,20)17-7-13(8-18)5-1-2-6-13/h3-4,17-18H,1-2,5-8H2. The molecule has 0 saturated heterocycles. The molecule has 1 aliphatic rings. The molecule has 1 saturated carbocycles. The van der Waals surface area contributed by atoms with Crippen molar-refractivity contribution in [3.05, 3.63) is 28.0 Å². The van der Waals surface area contributed by atoms with E-state index in [1.54, 1.807) is 0 Å². The number of sulfonamides is 1. The Hall–Kier alpha value is -0.400. The molecule has 1 fully saturated rings. The van der Waals surface area contributed by atoms with Crippen LogP contribution in [0.5, 0.6) is 0 Å². The van der Waals surface area contributed by atoms with Gasteiger partial charge in [-0.2, -0.15) is 0 Å². The summed E-state index contributed by atoms with van der Waals surface area (Å²) in [6.45, 7) is 0.0185. The first-order chi connectivity index (χ1) is 9.81. The van der Waals surface area contributed by atoms with Crippen LogP contribution in [0.2, 0.25) is 10.0 Å². The number of benzene rings is 1. The lowest BCUT2D eigenvalue weighted by Crippen LogP contribution is -2.38. The summed E-state index contributed by atoms with van der Waals surface area (Å²) in [6.07, 6.45) is 3.43. The number of hydrogen-bond donors (Lipinski definition) is 2. The summed E-state index contributed by atoms with van der Waals surface area (Å²) < 4.78 is 40.5. The maximum atomic E-state index is 13.6. The van der Waals surface area contributed by atoms with Gasteiger partial charge in [0, 0.05) is 18.6 Å². The van der Waals surface area contributed by atoms with E-state index in [0.29, 0.717) is 0 Å². The summed E-state index contributed by atoms with van der Waals surface area (Å²) in [6, 6.07) is 2.31. The third-order valence-electron chi connectivity index (χ3n) is 3.93. The normalized spacial score (nSPS) is 18.1. The van der Waals surface area contributed by atoms with Gasteiger partial charge in [-0.15, -0.1) is 0 Å². The molecule has 4 nitrogen and oxygen atoms in total. The molecule has 1 aliphatic carbocycles. The van der Waals surface area contributed by atoms with Gasteiger partial charge < -0.3 is 5.11 Å². The molecule has 0 atom stereocenters. The lowest BCUT2D eigenvalue weighted by Gasteiger charge is -2.26. The molecule has 1 aromatic carbocycles. The minimum absolute atomic E-state index is 0.0851. The quantitative estimate of drug-likeness (QED) is 0.798. The van der Waals surface area contributed by atoms with Crippen LogP contribution in [-0.2, 0) is 10.0 Å². The predicted octanol–water partition coefficient (Wildman–Crippen LogP) is 2.96. The second-order valence-corrected chi connectivity index (χ2v) is 7.88. The van der Waals surface area contributed by atoms with Crippen molar-refractivity contribution in [2.75, 3.05) is 13.2 Å². The highest BCUT2D eigenvalue weighted by atomic mass is 35.5. The molecule has 2 N–H and O–H groups in total. The van der Waals surface area contributed by atoms with Crippen LogP contribution in [0.4, 0.5) is 4.39 Å². The molecular weight excluding hydrogens is 340 g/mol. The summed E-state index contributed by atoms with van der Waals surface area (Å²) in [5.41, 5.74) is -0.440. The van der Waals surface area contributed by atoms with Gasteiger partial charge in [0.2, 0.25) is 10.0 Å². The van der Waals surface area contributed by atoms with Crippen molar-refractivity contribution in [2.45, 2.75) is 30.6 Å². The highest BCUT2D eigenvalue weighted by Crippen LogP contribution is 2.37. The molecule has 0 aliphatic heterocycles. The van der Waals surface area contributed by atoms with E-state index in [2.05, 4.69) is 4.72 Å². The molecule has 0 amide bonds. The molecule has 0 aromatic heterocycles. The first-order valence-corrected chi connectivity index (χ1v) is 8.79. The van der Waals surface area contributed by atoms with Crippen molar-refractivity contribution >= 4 is 33.2 Å². The fourth-order valence-electron chi connectivity index (χ4n) is 2.56. The van der Waals surface area contributed by atoms with Gasteiger partial charge in [0.1, 0.15) is 4.90 Å². The Morgan fingerprint density at radius 2 is 1.90 bits per heavy atom. The van der Waals surface area contributed by atoms with E-state index in [-0.39, 0.29) is 23.1 Å². The first-order valence-electron chi connectivity index (χ1n) is 6.55. The second kappa shape index (κ2) is 6.38. The Labute approximate surface area is 133 Å². The zero-order valence-electron chi connectivity index (χ0n) is 11.2. The average molecular weight is 356 g/mol. The van der Waals surface area contributed by atoms with Gasteiger partial charge >= 0.3 is 0 Å². The van der Waals surface area contributed by atoms with Crippen LogP contribution in [-0.4, -0.2) is 26.7 Å². The van der Waals surface area contributed by atoms with Crippen LogP contribution in [0, 0.1) is 11.2 Å². The monoisotopic (exact) mass is 355 g/mol. The van der Waals surface area contributed by atoms with Gasteiger partial charge in [0.05, 0.1) is 10.0 Å². The highest BCUT2D eigenvalue weighted by Gasteiger charge is 2.35. The Balaban J connectivity index is 2.21. The summed E-state index contributed by atoms with van der Waals surface area (Å²) in [5, 5.41) is 8.72. The molecule has 2 rings (SSSR count). The second-order valence-electron chi connectivity index (χ2n) is 5.36. The summed E-state index contributed by atoms with van der Waals surface area (Å²) in [5.74, 6) is -0.959. The van der Waals surface area contributed by atoms with Gasteiger partial charge in [-0.05, 0) is 25.0 Å². The maximum Gasteiger partial charge on any atom is 0.242 e. The summed E-state index contributed by atoms with van der Waals surface area (Å²) in [7, 11) is -3.96. The van der Waals surface area contributed by atoms with Crippen LogP contribution in [0.1, 0.15) is 25.7 Å². The fraction of sp³-hybridized carbons (Fsp3) is 0.538. The van der Waals surface area contributed by atoms with Crippen LogP contribution in [0.3, 0.4) is 0 Å². The van der Waals surface area contributed by atoms with Crippen molar-refractivity contribution in [1.29, 1.82) is 0 Å². The van der Waals surface area contributed by atoms with Crippen molar-refractivity contribution in [1.82, 2.24) is 4.72 Å². The van der Waals surface area contributed by atoms with Crippen molar-refractivity contribution in [3.63, 3.8) is 0 Å². The minimum atomic E-state index is -3.96. The molecule has 1 aromatic rings. The van der Waals surface area contributed by atoms with Gasteiger partial charge in [0.15, 0.2) is 5.82 Å². The Kier molecular flexibility index (Phi) is 5.15. The molecule has 0 heterocycles. The number of halogens is 3.